The molecule has 0 aromatic carbocycles. The lowest BCUT2D eigenvalue weighted by molar-refractivity contribution is 0.237. The maximum Gasteiger partial charge on any atom is 0.315 e. The smallest absolute Gasteiger partial charge is 0.315 e. The molecular formula is C15H23N3O4S. The SMILES string of the molecule is COc1ncccc1CCNC(=O)NC1CCC(C)S(=O)(=O)C1. The summed E-state index contributed by atoms with van der Waals surface area (Å²) in [6, 6.07) is 3.04. The van der Waals surface area contributed by atoms with Crippen LogP contribution >= 0.6 is 0 Å². The lowest BCUT2D eigenvalue weighted by Gasteiger charge is -2.27. The molecule has 1 saturated heterocycles. The first-order valence-corrected chi connectivity index (χ1v) is 9.37. The van der Waals surface area contributed by atoms with E-state index in [1.807, 2.05) is 12.1 Å². The predicted octanol–water partition coefficient (Wildman–Crippen LogP) is 0.898. The van der Waals surface area contributed by atoms with Crippen LogP contribution in [0.15, 0.2) is 18.3 Å². The number of ether oxygens (including phenoxy) is 1. The van der Waals surface area contributed by atoms with Gasteiger partial charge in [-0.15, -0.1) is 0 Å². The summed E-state index contributed by atoms with van der Waals surface area (Å²) in [4.78, 5) is 16.0. The number of amides is 2. The molecule has 2 atom stereocenters. The first-order valence-electron chi connectivity index (χ1n) is 7.66. The predicted molar refractivity (Wildman–Crippen MR) is 87.3 cm³/mol. The van der Waals surface area contributed by atoms with Crippen LogP contribution in [0.4, 0.5) is 4.79 Å². The van der Waals surface area contributed by atoms with Gasteiger partial charge >= 0.3 is 6.03 Å². The summed E-state index contributed by atoms with van der Waals surface area (Å²) in [5.41, 5.74) is 0.907. The van der Waals surface area contributed by atoms with E-state index >= 15 is 0 Å². The molecule has 2 amide bonds. The average Bonchev–Trinajstić information content (AvgIpc) is 2.51. The number of nitrogens with one attached hydrogen (secondary N) is 2. The van der Waals surface area contributed by atoms with E-state index in [-0.39, 0.29) is 23.1 Å². The minimum absolute atomic E-state index is 0.0119. The quantitative estimate of drug-likeness (QED) is 0.829. The summed E-state index contributed by atoms with van der Waals surface area (Å²) in [5.74, 6) is 0.556. The standard InChI is InChI=1S/C15H23N3O4S/c1-11-5-6-13(10-23(11,20)21)18-15(19)17-9-7-12-4-3-8-16-14(12)22-2/h3-4,8,11,13H,5-7,9-10H2,1-2H3,(H2,17,18,19). The highest BCUT2D eigenvalue weighted by atomic mass is 32.2. The van der Waals surface area contributed by atoms with Gasteiger partial charge in [0, 0.05) is 24.3 Å². The highest BCUT2D eigenvalue weighted by Crippen LogP contribution is 2.19. The summed E-state index contributed by atoms with van der Waals surface area (Å²) in [5, 5.41) is 5.16. The molecule has 23 heavy (non-hydrogen) atoms. The normalized spacial score (nSPS) is 23.0. The molecule has 1 fully saturated rings. The van der Waals surface area contributed by atoms with E-state index in [1.165, 1.54) is 0 Å². The van der Waals surface area contributed by atoms with E-state index in [4.69, 9.17) is 4.74 Å². The molecule has 0 aliphatic carbocycles. The molecule has 2 heterocycles. The van der Waals surface area contributed by atoms with Crippen LogP contribution in [0.3, 0.4) is 0 Å². The number of carbonyl (C=O) groups excluding carboxylic acids is 1. The van der Waals surface area contributed by atoms with Gasteiger partial charge < -0.3 is 15.4 Å². The fourth-order valence-corrected chi connectivity index (χ4v) is 4.24. The number of urea groups is 1. The Morgan fingerprint density at radius 2 is 2.22 bits per heavy atom. The molecule has 1 aliphatic heterocycles. The Kier molecular flexibility index (Phi) is 5.81. The number of hydrogen-bond donors (Lipinski definition) is 2. The Balaban J connectivity index is 1.77. The van der Waals surface area contributed by atoms with E-state index in [2.05, 4.69) is 15.6 Å². The van der Waals surface area contributed by atoms with Crippen LogP contribution in [-0.4, -0.2) is 50.1 Å². The van der Waals surface area contributed by atoms with Gasteiger partial charge in [0.15, 0.2) is 9.84 Å². The molecule has 2 unspecified atom stereocenters. The zero-order valence-corrected chi connectivity index (χ0v) is 14.2. The Labute approximate surface area is 136 Å². The van der Waals surface area contributed by atoms with Gasteiger partial charge in [0.1, 0.15) is 0 Å². The molecule has 0 saturated carbocycles. The molecule has 1 aromatic heterocycles. The van der Waals surface area contributed by atoms with Crippen molar-refractivity contribution in [2.45, 2.75) is 37.5 Å². The zero-order valence-electron chi connectivity index (χ0n) is 13.4. The minimum atomic E-state index is -3.10. The van der Waals surface area contributed by atoms with Gasteiger partial charge in [0.2, 0.25) is 5.88 Å². The summed E-state index contributed by atoms with van der Waals surface area (Å²) in [7, 11) is -1.54. The molecule has 0 bridgehead atoms. The van der Waals surface area contributed by atoms with E-state index in [9.17, 15) is 13.2 Å². The van der Waals surface area contributed by atoms with Crippen molar-refractivity contribution >= 4 is 15.9 Å². The summed E-state index contributed by atoms with van der Waals surface area (Å²) >= 11 is 0. The molecule has 2 rings (SSSR count). The van der Waals surface area contributed by atoms with Crippen molar-refractivity contribution in [1.82, 2.24) is 15.6 Å². The highest BCUT2D eigenvalue weighted by molar-refractivity contribution is 7.92. The van der Waals surface area contributed by atoms with Gasteiger partial charge in [0.05, 0.1) is 18.1 Å². The van der Waals surface area contributed by atoms with E-state index in [0.29, 0.717) is 31.7 Å². The maximum absolute atomic E-state index is 11.9. The molecule has 1 aliphatic rings. The fourth-order valence-electron chi connectivity index (χ4n) is 2.60. The zero-order chi connectivity index (χ0) is 16.9. The van der Waals surface area contributed by atoms with Crippen molar-refractivity contribution in [2.75, 3.05) is 19.4 Å². The van der Waals surface area contributed by atoms with E-state index < -0.39 is 9.84 Å². The molecule has 128 valence electrons. The first-order chi connectivity index (χ1) is 10.9. The second-order valence-corrected chi connectivity index (χ2v) is 8.20. The molecule has 0 radical (unpaired) electrons. The molecular weight excluding hydrogens is 318 g/mol. The topological polar surface area (TPSA) is 97.4 Å². The highest BCUT2D eigenvalue weighted by Gasteiger charge is 2.31. The number of aromatic nitrogens is 1. The fraction of sp³-hybridized carbons (Fsp3) is 0.600. The van der Waals surface area contributed by atoms with Crippen LogP contribution in [-0.2, 0) is 16.3 Å². The number of carbonyl (C=O) groups is 1. The number of nitrogens with zero attached hydrogens (tertiary/aromatic N) is 1. The monoisotopic (exact) mass is 341 g/mol. The van der Waals surface area contributed by atoms with Crippen molar-refractivity contribution in [2.24, 2.45) is 0 Å². The summed E-state index contributed by atoms with van der Waals surface area (Å²) in [6.07, 6.45) is 3.50. The van der Waals surface area contributed by atoms with E-state index in [0.717, 1.165) is 5.56 Å². The van der Waals surface area contributed by atoms with Gasteiger partial charge in [-0.25, -0.2) is 18.2 Å². The second-order valence-electron chi connectivity index (χ2n) is 5.74. The molecule has 1 aromatic rings. The lowest BCUT2D eigenvalue weighted by atomic mass is 10.1. The van der Waals surface area contributed by atoms with Crippen LogP contribution in [0, 0.1) is 0 Å². The third-order valence-corrected chi connectivity index (χ3v) is 6.36. The largest absolute Gasteiger partial charge is 0.481 e. The Hall–Kier alpha value is -1.83. The number of hydrogen-bond acceptors (Lipinski definition) is 5. The van der Waals surface area contributed by atoms with Crippen LogP contribution in [0.5, 0.6) is 5.88 Å². The molecule has 0 spiro atoms. The Bertz CT molecular complexity index is 648. The number of methoxy groups -OCH3 is 1. The molecule has 7 nitrogen and oxygen atoms in total. The van der Waals surface area contributed by atoms with Gasteiger partial charge in [-0.2, -0.15) is 0 Å². The van der Waals surface area contributed by atoms with Crippen LogP contribution in [0.2, 0.25) is 0 Å². The third kappa shape index (κ3) is 4.82. The van der Waals surface area contributed by atoms with Crippen LogP contribution in [0.1, 0.15) is 25.3 Å². The van der Waals surface area contributed by atoms with Gasteiger partial charge in [-0.05, 0) is 32.3 Å². The summed E-state index contributed by atoms with van der Waals surface area (Å²) in [6.45, 7) is 2.14. The Morgan fingerprint density at radius 1 is 1.43 bits per heavy atom. The van der Waals surface area contributed by atoms with Crippen LogP contribution < -0.4 is 15.4 Å². The first kappa shape index (κ1) is 17.5. The van der Waals surface area contributed by atoms with E-state index in [1.54, 1.807) is 20.2 Å². The molecule has 2 N–H and O–H groups in total. The summed E-state index contributed by atoms with van der Waals surface area (Å²) < 4.78 is 28.9. The molecule has 8 heteroatoms. The number of pyridine rings is 1. The number of sulfone groups is 1. The van der Waals surface area contributed by atoms with Crippen LogP contribution in [0.25, 0.3) is 0 Å². The lowest BCUT2D eigenvalue weighted by Crippen LogP contribution is -2.49. The van der Waals surface area contributed by atoms with Gasteiger partial charge in [0.25, 0.3) is 0 Å². The van der Waals surface area contributed by atoms with Crippen molar-refractivity contribution in [3.8, 4) is 5.88 Å². The van der Waals surface area contributed by atoms with Gasteiger partial charge in [-0.3, -0.25) is 0 Å². The van der Waals surface area contributed by atoms with Crippen molar-refractivity contribution in [3.05, 3.63) is 23.9 Å². The van der Waals surface area contributed by atoms with Gasteiger partial charge in [-0.1, -0.05) is 6.07 Å². The number of rotatable bonds is 5. The third-order valence-electron chi connectivity index (χ3n) is 4.03. The maximum atomic E-state index is 11.9. The van der Waals surface area contributed by atoms with Crippen molar-refractivity contribution in [1.29, 1.82) is 0 Å². The average molecular weight is 341 g/mol. The van der Waals surface area contributed by atoms with Crippen molar-refractivity contribution in [3.63, 3.8) is 0 Å². The Morgan fingerprint density at radius 3 is 2.91 bits per heavy atom. The van der Waals surface area contributed by atoms with Crippen molar-refractivity contribution < 1.29 is 17.9 Å². The minimum Gasteiger partial charge on any atom is -0.481 e. The second kappa shape index (κ2) is 7.63.